The number of ether oxygens (including phenoxy) is 1. The maximum absolute atomic E-state index is 13.1. The minimum atomic E-state index is -0.728. The van der Waals surface area contributed by atoms with Crippen molar-refractivity contribution >= 4 is 23.6 Å². The molecule has 26 heavy (non-hydrogen) atoms. The molecule has 1 aliphatic heterocycles. The molecule has 1 aliphatic rings. The quantitative estimate of drug-likeness (QED) is 0.577. The number of carbonyl (C=O) groups excluding carboxylic acids is 2. The topological polar surface area (TPSA) is 49.9 Å². The van der Waals surface area contributed by atoms with Crippen molar-refractivity contribution in [3.8, 4) is 0 Å². The van der Waals surface area contributed by atoms with Crippen molar-refractivity contribution in [3.05, 3.63) is 71.8 Å². The van der Waals surface area contributed by atoms with Gasteiger partial charge in [0.2, 0.25) is 0 Å². The summed E-state index contributed by atoms with van der Waals surface area (Å²) in [7, 11) is 1.33. The summed E-state index contributed by atoms with van der Waals surface area (Å²) in [5.74, 6) is -0.292. The highest BCUT2D eigenvalue weighted by molar-refractivity contribution is 6.18. The monoisotopic (exact) mass is 372 g/mol. The first-order valence-corrected chi connectivity index (χ1v) is 8.98. The van der Waals surface area contributed by atoms with Crippen LogP contribution < -0.4 is 0 Å². The van der Waals surface area contributed by atoms with Crippen molar-refractivity contribution in [2.75, 3.05) is 13.0 Å². The molecule has 2 aromatic carbocycles. The predicted octanol–water partition coefficient (Wildman–Crippen LogP) is 3.27. The van der Waals surface area contributed by atoms with Gasteiger partial charge in [0, 0.05) is 19.0 Å². The summed E-state index contributed by atoms with van der Waals surface area (Å²) in [5.41, 5.74) is 1.94. The fraction of sp³-hybridized carbons (Fsp3) is 0.300. The Kier molecular flexibility index (Phi) is 5.78. The van der Waals surface area contributed by atoms with Gasteiger partial charge in [0.25, 0.3) is 0 Å². The van der Waals surface area contributed by atoms with E-state index in [4.69, 9.17) is 16.3 Å². The Balaban J connectivity index is 1.90. The lowest BCUT2D eigenvalue weighted by Crippen LogP contribution is -2.45. The molecule has 0 saturated carbocycles. The molecule has 2 aromatic rings. The molecule has 2 amide bonds. The number of nitrogens with zero attached hydrogens (tertiary/aromatic N) is 2. The van der Waals surface area contributed by atoms with Crippen LogP contribution in [0.25, 0.3) is 0 Å². The lowest BCUT2D eigenvalue weighted by atomic mass is 10.1. The molecule has 0 unspecified atom stereocenters. The van der Waals surface area contributed by atoms with Crippen molar-refractivity contribution in [1.29, 1.82) is 0 Å². The number of rotatable bonds is 6. The van der Waals surface area contributed by atoms with Crippen molar-refractivity contribution in [2.45, 2.75) is 25.2 Å². The van der Waals surface area contributed by atoms with Crippen molar-refractivity contribution in [3.63, 3.8) is 0 Å². The molecule has 1 saturated heterocycles. The predicted molar refractivity (Wildman–Crippen MR) is 99.7 cm³/mol. The molecule has 0 aliphatic carbocycles. The highest BCUT2D eigenvalue weighted by atomic mass is 35.5. The van der Waals surface area contributed by atoms with Crippen LogP contribution >= 0.6 is 11.6 Å². The van der Waals surface area contributed by atoms with Crippen LogP contribution in [0.15, 0.2) is 60.7 Å². The average Bonchev–Trinajstić information content (AvgIpc) is 2.94. The fourth-order valence-electron chi connectivity index (χ4n) is 3.29. The van der Waals surface area contributed by atoms with Gasteiger partial charge in [0.15, 0.2) is 6.04 Å². The number of methoxy groups -OCH3 is 1. The van der Waals surface area contributed by atoms with Gasteiger partial charge in [-0.1, -0.05) is 60.7 Å². The van der Waals surface area contributed by atoms with Gasteiger partial charge < -0.3 is 14.5 Å². The number of hydrogen-bond donors (Lipinski definition) is 0. The van der Waals surface area contributed by atoms with Crippen LogP contribution in [0.5, 0.6) is 0 Å². The van der Waals surface area contributed by atoms with E-state index in [1.165, 1.54) is 7.11 Å². The van der Waals surface area contributed by atoms with Gasteiger partial charge in [-0.25, -0.2) is 9.59 Å². The van der Waals surface area contributed by atoms with Gasteiger partial charge in [-0.2, -0.15) is 0 Å². The third-order valence-electron chi connectivity index (χ3n) is 4.58. The van der Waals surface area contributed by atoms with Crippen molar-refractivity contribution in [1.82, 2.24) is 9.80 Å². The lowest BCUT2D eigenvalue weighted by molar-refractivity contribution is -0.146. The van der Waals surface area contributed by atoms with Crippen LogP contribution in [0, 0.1) is 0 Å². The molecular formula is C20H21ClN2O3. The second kappa shape index (κ2) is 8.23. The zero-order chi connectivity index (χ0) is 18.5. The van der Waals surface area contributed by atoms with E-state index < -0.39 is 18.1 Å². The Morgan fingerprint density at radius 3 is 1.92 bits per heavy atom. The largest absolute Gasteiger partial charge is 0.467 e. The summed E-state index contributed by atoms with van der Waals surface area (Å²) in [6, 6.07) is 17.9. The number of halogens is 1. The molecule has 0 aromatic heterocycles. The first kappa shape index (κ1) is 18.3. The van der Waals surface area contributed by atoms with E-state index in [1.54, 1.807) is 9.80 Å². The molecule has 5 nitrogen and oxygen atoms in total. The Bertz CT molecular complexity index is 754. The molecule has 136 valence electrons. The van der Waals surface area contributed by atoms with Gasteiger partial charge >= 0.3 is 12.0 Å². The molecule has 6 heteroatoms. The first-order valence-electron chi connectivity index (χ1n) is 8.44. The van der Waals surface area contributed by atoms with Gasteiger partial charge in [-0.15, -0.1) is 11.6 Å². The average molecular weight is 373 g/mol. The van der Waals surface area contributed by atoms with E-state index in [0.29, 0.717) is 13.1 Å². The van der Waals surface area contributed by atoms with Crippen molar-refractivity contribution in [2.24, 2.45) is 0 Å². The van der Waals surface area contributed by atoms with E-state index in [1.807, 2.05) is 60.7 Å². The summed E-state index contributed by atoms with van der Waals surface area (Å²) in [5, 5.41) is 0. The van der Waals surface area contributed by atoms with Gasteiger partial charge in [0.05, 0.1) is 13.2 Å². The number of urea groups is 1. The van der Waals surface area contributed by atoms with Crippen LogP contribution in [0.4, 0.5) is 4.79 Å². The number of esters is 1. The summed E-state index contributed by atoms with van der Waals surface area (Å²) in [6.07, 6.45) is 0. The molecule has 1 fully saturated rings. The highest BCUT2D eigenvalue weighted by Gasteiger charge is 2.49. The second-order valence-electron chi connectivity index (χ2n) is 6.20. The van der Waals surface area contributed by atoms with Crippen molar-refractivity contribution < 1.29 is 14.3 Å². The lowest BCUT2D eigenvalue weighted by Gasteiger charge is -2.24. The minimum absolute atomic E-state index is 0.156. The molecule has 0 bridgehead atoms. The van der Waals surface area contributed by atoms with Gasteiger partial charge in [-0.05, 0) is 11.1 Å². The second-order valence-corrected chi connectivity index (χ2v) is 6.51. The maximum atomic E-state index is 13.1. The molecule has 3 rings (SSSR count). The molecule has 0 spiro atoms. The zero-order valence-electron chi connectivity index (χ0n) is 14.5. The Morgan fingerprint density at radius 2 is 1.46 bits per heavy atom. The molecule has 2 atom stereocenters. The van der Waals surface area contributed by atoms with E-state index >= 15 is 0 Å². The summed E-state index contributed by atoms with van der Waals surface area (Å²) < 4.78 is 4.96. The Hall–Kier alpha value is -2.53. The van der Waals surface area contributed by atoms with Gasteiger partial charge in [-0.3, -0.25) is 0 Å². The van der Waals surface area contributed by atoms with E-state index in [2.05, 4.69) is 0 Å². The van der Waals surface area contributed by atoms with Crippen LogP contribution in [0.2, 0.25) is 0 Å². The van der Waals surface area contributed by atoms with Crippen LogP contribution in [-0.2, 0) is 22.6 Å². The molecular weight excluding hydrogens is 352 g/mol. The number of hydrogen-bond acceptors (Lipinski definition) is 3. The summed E-state index contributed by atoms with van der Waals surface area (Å²) >= 11 is 6.17. The standard InChI is InChI=1S/C20H21ClN2O3/c1-26-19(24)18-17(12-21)22(13-15-8-4-2-5-9-15)20(25)23(18)14-16-10-6-3-7-11-16/h2-11,17-18H,12-14H2,1H3/t17-,18-/m0/s1. The highest BCUT2D eigenvalue weighted by Crippen LogP contribution is 2.28. The molecule has 0 N–H and O–H groups in total. The SMILES string of the molecule is COC(=O)[C@@H]1[C@H](CCl)N(Cc2ccccc2)C(=O)N1Cc1ccccc1. The van der Waals surface area contributed by atoms with E-state index in [9.17, 15) is 9.59 Å². The van der Waals surface area contributed by atoms with Crippen LogP contribution in [-0.4, -0.2) is 46.9 Å². The molecule has 0 radical (unpaired) electrons. The van der Waals surface area contributed by atoms with E-state index in [-0.39, 0.29) is 11.9 Å². The third-order valence-corrected chi connectivity index (χ3v) is 4.90. The third kappa shape index (κ3) is 3.68. The Morgan fingerprint density at radius 1 is 0.962 bits per heavy atom. The molecule has 1 heterocycles. The van der Waals surface area contributed by atoms with Gasteiger partial charge in [0.1, 0.15) is 0 Å². The fourth-order valence-corrected chi connectivity index (χ4v) is 3.62. The van der Waals surface area contributed by atoms with E-state index in [0.717, 1.165) is 11.1 Å². The minimum Gasteiger partial charge on any atom is -0.467 e. The zero-order valence-corrected chi connectivity index (χ0v) is 15.3. The maximum Gasteiger partial charge on any atom is 0.330 e. The summed E-state index contributed by atoms with van der Waals surface area (Å²) in [4.78, 5) is 28.7. The number of carbonyl (C=O) groups is 2. The van der Waals surface area contributed by atoms with Crippen LogP contribution in [0.1, 0.15) is 11.1 Å². The van der Waals surface area contributed by atoms with Crippen LogP contribution in [0.3, 0.4) is 0 Å². The normalized spacial score (nSPS) is 19.7. The first-order chi connectivity index (χ1) is 12.7. The summed E-state index contributed by atoms with van der Waals surface area (Å²) in [6.45, 7) is 0.730. The number of amides is 2. The number of benzene rings is 2. The number of alkyl halides is 1. The smallest absolute Gasteiger partial charge is 0.330 e. The Labute approximate surface area is 158 Å².